The lowest BCUT2D eigenvalue weighted by Gasteiger charge is -2.20. The highest BCUT2D eigenvalue weighted by Gasteiger charge is 2.43. The van der Waals surface area contributed by atoms with Crippen molar-refractivity contribution in [3.63, 3.8) is 0 Å². The Morgan fingerprint density at radius 3 is 2.83 bits per heavy atom. The molecule has 1 aliphatic heterocycles. The van der Waals surface area contributed by atoms with E-state index in [1.807, 2.05) is 0 Å². The average molecular weight is 238 g/mol. The lowest BCUT2D eigenvalue weighted by molar-refractivity contribution is -0.877. The van der Waals surface area contributed by atoms with Crippen LogP contribution in [0.1, 0.15) is 36.0 Å². The molecule has 90 valence electrons. The monoisotopic (exact) mass is 238 g/mol. The molecule has 2 aromatic heterocycles. The van der Waals surface area contributed by atoms with Gasteiger partial charge in [-0.1, -0.05) is 6.92 Å². The van der Waals surface area contributed by atoms with E-state index in [9.17, 15) is 0 Å². The molecule has 0 N–H and O–H groups in total. The molecule has 2 nitrogen and oxygen atoms in total. The third-order valence-corrected chi connectivity index (χ3v) is 4.57. The molecule has 0 unspecified atom stereocenters. The molecule has 0 fully saturated rings. The molecule has 2 heteroatoms. The summed E-state index contributed by atoms with van der Waals surface area (Å²) in [5, 5.41) is 0. The highest BCUT2D eigenvalue weighted by molar-refractivity contribution is 5.63. The Kier molecular flexibility index (Phi) is 1.94. The van der Waals surface area contributed by atoms with Crippen LogP contribution in [0, 0.1) is 6.92 Å². The van der Waals surface area contributed by atoms with Crippen LogP contribution in [0.25, 0.3) is 11.4 Å². The van der Waals surface area contributed by atoms with Crippen molar-refractivity contribution in [3.05, 3.63) is 47.3 Å². The van der Waals surface area contributed by atoms with E-state index in [-0.39, 0.29) is 0 Å². The zero-order chi connectivity index (χ0) is 12.3. The molecule has 0 saturated carbocycles. The lowest BCUT2D eigenvalue weighted by atomic mass is 9.81. The minimum absolute atomic E-state index is 0.688. The fourth-order valence-electron chi connectivity index (χ4n) is 3.57. The van der Waals surface area contributed by atoms with Crippen LogP contribution in [-0.2, 0) is 13.1 Å². The van der Waals surface area contributed by atoms with E-state index in [1.54, 1.807) is 11.1 Å². The zero-order valence-electron chi connectivity index (χ0n) is 11.0. The van der Waals surface area contributed by atoms with Gasteiger partial charge in [-0.2, -0.15) is 0 Å². The number of hydrogen-bond donors (Lipinski definition) is 0. The van der Waals surface area contributed by atoms with Gasteiger partial charge < -0.3 is 0 Å². The predicted octanol–water partition coefficient (Wildman–Crippen LogP) is 2.11. The van der Waals surface area contributed by atoms with Crippen molar-refractivity contribution in [1.82, 2.24) is 0 Å². The summed E-state index contributed by atoms with van der Waals surface area (Å²) in [7, 11) is 0. The Morgan fingerprint density at radius 2 is 2.00 bits per heavy atom. The molecule has 0 amide bonds. The normalized spacial score (nSPS) is 18.9. The number of pyridine rings is 2. The summed E-state index contributed by atoms with van der Waals surface area (Å²) >= 11 is 0. The predicted molar refractivity (Wildman–Crippen MR) is 69.1 cm³/mol. The van der Waals surface area contributed by atoms with Crippen molar-refractivity contribution in [2.75, 3.05) is 0 Å². The van der Waals surface area contributed by atoms with E-state index in [2.05, 4.69) is 53.6 Å². The van der Waals surface area contributed by atoms with Crippen LogP contribution in [0.5, 0.6) is 0 Å². The molecule has 4 rings (SSSR count). The van der Waals surface area contributed by atoms with Crippen LogP contribution >= 0.6 is 0 Å². The number of aryl methyl sites for hydroxylation is 1. The number of rotatable bonds is 1. The highest BCUT2D eigenvalue weighted by Crippen LogP contribution is 2.39. The lowest BCUT2D eigenvalue weighted by Crippen LogP contribution is -2.45. The highest BCUT2D eigenvalue weighted by atomic mass is 15.2. The molecular weight excluding hydrogens is 220 g/mol. The summed E-state index contributed by atoms with van der Waals surface area (Å²) in [4.78, 5) is 0. The van der Waals surface area contributed by atoms with Crippen LogP contribution in [0.3, 0.4) is 0 Å². The average Bonchev–Trinajstić information content (AvgIpc) is 2.78. The second-order valence-electron chi connectivity index (χ2n) is 5.53. The van der Waals surface area contributed by atoms with Crippen LogP contribution < -0.4 is 9.13 Å². The first kappa shape index (κ1) is 10.2. The van der Waals surface area contributed by atoms with Gasteiger partial charge in [-0.15, -0.1) is 9.13 Å². The SMILES string of the molecule is CC[C@@H]1Cc2c(C)cc[n+]3c2-c2c1ccc[n+]2C3. The van der Waals surface area contributed by atoms with E-state index in [4.69, 9.17) is 0 Å². The van der Waals surface area contributed by atoms with Gasteiger partial charge in [-0.3, -0.25) is 0 Å². The van der Waals surface area contributed by atoms with E-state index >= 15 is 0 Å². The van der Waals surface area contributed by atoms with Crippen molar-refractivity contribution < 1.29 is 9.13 Å². The van der Waals surface area contributed by atoms with Crippen molar-refractivity contribution in [1.29, 1.82) is 0 Å². The van der Waals surface area contributed by atoms with Crippen molar-refractivity contribution >= 4 is 0 Å². The molecule has 1 aliphatic carbocycles. The molecule has 0 radical (unpaired) electrons. The Morgan fingerprint density at radius 1 is 1.17 bits per heavy atom. The summed E-state index contributed by atoms with van der Waals surface area (Å²) in [6, 6.07) is 6.79. The largest absolute Gasteiger partial charge is 0.345 e. The number of aromatic nitrogens is 2. The molecule has 2 aliphatic rings. The maximum Gasteiger partial charge on any atom is 0.345 e. The van der Waals surface area contributed by atoms with Crippen molar-refractivity contribution in [2.45, 2.75) is 39.3 Å². The maximum absolute atomic E-state index is 2.40. The quantitative estimate of drug-likeness (QED) is 0.574. The van der Waals surface area contributed by atoms with E-state index in [0.717, 1.165) is 6.67 Å². The maximum atomic E-state index is 2.40. The third kappa shape index (κ3) is 1.13. The van der Waals surface area contributed by atoms with E-state index in [0.29, 0.717) is 5.92 Å². The Hall–Kier alpha value is -1.70. The fourth-order valence-corrected chi connectivity index (χ4v) is 3.57. The standard InChI is InChI=1S/C16H18N2/c1-3-12-9-14-11(2)6-8-18-10-17-7-4-5-13(12)15(17)16(14)18/h4-8,12H,3,9-10H2,1-2H3/q+2/t12-/m1/s1. The van der Waals surface area contributed by atoms with Crippen LogP contribution in [0.2, 0.25) is 0 Å². The molecule has 0 bridgehead atoms. The van der Waals surface area contributed by atoms with Gasteiger partial charge in [-0.25, -0.2) is 0 Å². The summed E-state index contributed by atoms with van der Waals surface area (Å²) in [6.45, 7) is 5.53. The van der Waals surface area contributed by atoms with Gasteiger partial charge in [-0.05, 0) is 37.3 Å². The number of nitrogens with zero attached hydrogens (tertiary/aromatic N) is 2. The van der Waals surface area contributed by atoms with Gasteiger partial charge in [0.2, 0.25) is 0 Å². The minimum atomic E-state index is 0.688. The molecule has 1 atom stereocenters. The smallest absolute Gasteiger partial charge is 0.133 e. The van der Waals surface area contributed by atoms with Crippen LogP contribution in [0.15, 0.2) is 30.6 Å². The molecule has 2 aromatic rings. The first-order chi connectivity index (χ1) is 8.79. The van der Waals surface area contributed by atoms with Crippen molar-refractivity contribution in [2.24, 2.45) is 0 Å². The van der Waals surface area contributed by atoms with Gasteiger partial charge in [0.1, 0.15) is 0 Å². The summed E-state index contributed by atoms with van der Waals surface area (Å²) in [5.74, 6) is 0.688. The van der Waals surface area contributed by atoms with E-state index < -0.39 is 0 Å². The zero-order valence-corrected chi connectivity index (χ0v) is 11.0. The molecular formula is C16H18N2+2. The molecule has 0 spiro atoms. The first-order valence-corrected chi connectivity index (χ1v) is 6.84. The summed E-state index contributed by atoms with van der Waals surface area (Å²) < 4.78 is 4.79. The molecule has 18 heavy (non-hydrogen) atoms. The summed E-state index contributed by atoms with van der Waals surface area (Å²) in [6.07, 6.45) is 6.88. The van der Waals surface area contributed by atoms with Crippen LogP contribution in [0.4, 0.5) is 0 Å². The topological polar surface area (TPSA) is 7.76 Å². The Balaban J connectivity index is 2.11. The second-order valence-corrected chi connectivity index (χ2v) is 5.53. The summed E-state index contributed by atoms with van der Waals surface area (Å²) in [5.41, 5.74) is 7.49. The van der Waals surface area contributed by atoms with Gasteiger partial charge in [0.25, 0.3) is 11.4 Å². The van der Waals surface area contributed by atoms with Crippen molar-refractivity contribution in [3.8, 4) is 11.4 Å². The Bertz CT molecular complexity index is 658. The van der Waals surface area contributed by atoms with Crippen LogP contribution in [-0.4, -0.2) is 0 Å². The third-order valence-electron chi connectivity index (χ3n) is 4.57. The fraction of sp³-hybridized carbons (Fsp3) is 0.375. The molecule has 0 saturated heterocycles. The molecule has 3 heterocycles. The van der Waals surface area contributed by atoms with Gasteiger partial charge in [0.15, 0.2) is 12.4 Å². The second kappa shape index (κ2) is 3.41. The molecule has 0 aromatic carbocycles. The number of hydrogen-bond acceptors (Lipinski definition) is 0. The first-order valence-electron chi connectivity index (χ1n) is 6.84. The van der Waals surface area contributed by atoms with Gasteiger partial charge in [0.05, 0.1) is 0 Å². The Labute approximate surface area is 108 Å². The van der Waals surface area contributed by atoms with E-state index in [1.165, 1.54) is 29.8 Å². The minimum Gasteiger partial charge on any atom is -0.133 e. The van der Waals surface area contributed by atoms with Gasteiger partial charge in [0, 0.05) is 23.3 Å². The van der Waals surface area contributed by atoms with Gasteiger partial charge >= 0.3 is 6.67 Å².